The quantitative estimate of drug-likeness (QED) is 0.760. The van der Waals surface area contributed by atoms with Gasteiger partial charge in [0.15, 0.2) is 0 Å². The molecule has 26 heavy (non-hydrogen) atoms. The van der Waals surface area contributed by atoms with Crippen molar-refractivity contribution < 1.29 is 19.1 Å². The Morgan fingerprint density at radius 2 is 2.04 bits per heavy atom. The van der Waals surface area contributed by atoms with Gasteiger partial charge in [0.1, 0.15) is 11.9 Å². The van der Waals surface area contributed by atoms with Crippen molar-refractivity contribution in [2.45, 2.75) is 77.3 Å². The lowest BCUT2D eigenvalue weighted by molar-refractivity contribution is -0.111. The van der Waals surface area contributed by atoms with Crippen LogP contribution in [0.15, 0.2) is 0 Å². The molecule has 2 saturated heterocycles. The van der Waals surface area contributed by atoms with E-state index in [-0.39, 0.29) is 24.7 Å². The van der Waals surface area contributed by atoms with Crippen molar-refractivity contribution in [2.24, 2.45) is 0 Å². The molecule has 0 aromatic carbocycles. The molecule has 2 heterocycles. The molecule has 4 atom stereocenters. The molecule has 0 spiro atoms. The third-order valence-corrected chi connectivity index (χ3v) is 5.15. The summed E-state index contributed by atoms with van der Waals surface area (Å²) in [5.41, 5.74) is -1.13. The van der Waals surface area contributed by atoms with Crippen molar-refractivity contribution >= 4 is 12.4 Å². The molecule has 0 radical (unpaired) electrons. The SMILES string of the molecule is C[C@@H]1CO[C@@H](C)CN1CC1CN(C(=O)OC(C)(C)C)C(C)(CC=O)CN1. The van der Waals surface area contributed by atoms with E-state index in [0.29, 0.717) is 19.1 Å². The number of piperazine rings is 1. The lowest BCUT2D eigenvalue weighted by atomic mass is 9.92. The maximum Gasteiger partial charge on any atom is 0.410 e. The highest BCUT2D eigenvalue weighted by Gasteiger charge is 2.43. The summed E-state index contributed by atoms with van der Waals surface area (Å²) >= 11 is 0. The fourth-order valence-electron chi connectivity index (χ4n) is 3.57. The van der Waals surface area contributed by atoms with Gasteiger partial charge < -0.3 is 19.6 Å². The summed E-state index contributed by atoms with van der Waals surface area (Å²) in [6, 6.07) is 0.487. The first kappa shape index (κ1) is 21.1. The topological polar surface area (TPSA) is 71.1 Å². The lowest BCUT2D eigenvalue weighted by Crippen LogP contribution is -2.67. The number of ether oxygens (including phenoxy) is 2. The second kappa shape index (κ2) is 8.23. The van der Waals surface area contributed by atoms with Crippen LogP contribution in [0, 0.1) is 0 Å². The maximum absolute atomic E-state index is 12.8. The summed E-state index contributed by atoms with van der Waals surface area (Å²) in [4.78, 5) is 28.1. The van der Waals surface area contributed by atoms with Gasteiger partial charge in [-0.05, 0) is 41.5 Å². The van der Waals surface area contributed by atoms with Gasteiger partial charge in [0.05, 0.1) is 18.2 Å². The van der Waals surface area contributed by atoms with Crippen molar-refractivity contribution in [2.75, 3.05) is 32.8 Å². The van der Waals surface area contributed by atoms with Crippen LogP contribution in [-0.2, 0) is 14.3 Å². The van der Waals surface area contributed by atoms with Crippen molar-refractivity contribution in [3.63, 3.8) is 0 Å². The number of morpholine rings is 1. The second-order valence-corrected chi connectivity index (χ2v) is 8.98. The van der Waals surface area contributed by atoms with Crippen LogP contribution in [0.3, 0.4) is 0 Å². The Bertz CT molecular complexity index is 508. The molecule has 2 rings (SSSR count). The third-order valence-electron chi connectivity index (χ3n) is 5.15. The predicted molar refractivity (Wildman–Crippen MR) is 100 cm³/mol. The Balaban J connectivity index is 2.08. The van der Waals surface area contributed by atoms with E-state index in [1.54, 1.807) is 4.90 Å². The molecule has 2 fully saturated rings. The van der Waals surface area contributed by atoms with E-state index in [9.17, 15) is 9.59 Å². The van der Waals surface area contributed by atoms with Crippen LogP contribution in [0.2, 0.25) is 0 Å². The van der Waals surface area contributed by atoms with Crippen molar-refractivity contribution in [1.82, 2.24) is 15.1 Å². The van der Waals surface area contributed by atoms with Crippen molar-refractivity contribution in [3.8, 4) is 0 Å². The molecule has 1 amide bonds. The minimum absolute atomic E-state index is 0.134. The Kier molecular flexibility index (Phi) is 6.69. The number of carbonyl (C=O) groups excluding carboxylic acids is 2. The van der Waals surface area contributed by atoms with Gasteiger partial charge in [-0.25, -0.2) is 4.79 Å². The maximum atomic E-state index is 12.8. The number of nitrogens with one attached hydrogen (secondary N) is 1. The van der Waals surface area contributed by atoms with E-state index in [4.69, 9.17) is 9.47 Å². The Morgan fingerprint density at radius 1 is 1.35 bits per heavy atom. The number of rotatable bonds is 4. The van der Waals surface area contributed by atoms with Gasteiger partial charge in [0, 0.05) is 44.7 Å². The van der Waals surface area contributed by atoms with Crippen LogP contribution in [0.5, 0.6) is 0 Å². The summed E-state index contributed by atoms with van der Waals surface area (Å²) in [6.07, 6.45) is 1.04. The molecule has 150 valence electrons. The van der Waals surface area contributed by atoms with E-state index in [0.717, 1.165) is 26.0 Å². The first-order valence-electron chi connectivity index (χ1n) is 9.57. The minimum Gasteiger partial charge on any atom is -0.444 e. The zero-order chi connectivity index (χ0) is 19.5. The first-order chi connectivity index (χ1) is 12.0. The lowest BCUT2D eigenvalue weighted by Gasteiger charge is -2.49. The standard InChI is InChI=1S/C19H35N3O4/c1-14-12-25-15(2)9-21(14)10-16-11-22(17(24)26-18(3,4)5)19(6,7-8-23)13-20-16/h8,14-16,20H,7,9-13H2,1-6H3/t14-,15+,16?,19?/m1/s1. The van der Waals surface area contributed by atoms with Crippen LogP contribution >= 0.6 is 0 Å². The molecular formula is C19H35N3O4. The van der Waals surface area contributed by atoms with Gasteiger partial charge in [-0.15, -0.1) is 0 Å². The molecule has 1 N–H and O–H groups in total. The number of hydrogen-bond acceptors (Lipinski definition) is 6. The molecule has 7 nitrogen and oxygen atoms in total. The van der Waals surface area contributed by atoms with E-state index < -0.39 is 11.1 Å². The van der Waals surface area contributed by atoms with Crippen LogP contribution in [0.4, 0.5) is 4.79 Å². The average molecular weight is 370 g/mol. The van der Waals surface area contributed by atoms with Gasteiger partial charge in [-0.1, -0.05) is 0 Å². The summed E-state index contributed by atoms with van der Waals surface area (Å²) in [7, 11) is 0. The molecule has 0 aromatic rings. The smallest absolute Gasteiger partial charge is 0.410 e. The molecule has 2 aliphatic heterocycles. The number of carbonyl (C=O) groups is 2. The number of nitrogens with zero attached hydrogens (tertiary/aromatic N) is 2. The summed E-state index contributed by atoms with van der Waals surface area (Å²) in [5.74, 6) is 0. The average Bonchev–Trinajstić information content (AvgIpc) is 2.51. The molecular weight excluding hydrogens is 334 g/mol. The van der Waals surface area contributed by atoms with E-state index >= 15 is 0 Å². The minimum atomic E-state index is -0.565. The summed E-state index contributed by atoms with van der Waals surface area (Å²) < 4.78 is 11.3. The first-order valence-corrected chi connectivity index (χ1v) is 9.57. The molecule has 7 heteroatoms. The highest BCUT2D eigenvalue weighted by molar-refractivity contribution is 5.70. The zero-order valence-corrected chi connectivity index (χ0v) is 17.1. The number of aldehydes is 1. The molecule has 2 aliphatic rings. The van der Waals surface area contributed by atoms with Gasteiger partial charge >= 0.3 is 6.09 Å². The Labute approximate surface area is 157 Å². The van der Waals surface area contributed by atoms with E-state index in [1.807, 2.05) is 27.7 Å². The van der Waals surface area contributed by atoms with Crippen molar-refractivity contribution in [1.29, 1.82) is 0 Å². The zero-order valence-electron chi connectivity index (χ0n) is 17.1. The normalized spacial score (nSPS) is 33.8. The van der Waals surface area contributed by atoms with Crippen molar-refractivity contribution in [3.05, 3.63) is 0 Å². The van der Waals surface area contributed by atoms with Gasteiger partial charge in [0.25, 0.3) is 0 Å². The molecule has 2 unspecified atom stereocenters. The number of hydrogen-bond donors (Lipinski definition) is 1. The molecule has 0 aliphatic carbocycles. The van der Waals surface area contributed by atoms with Crippen LogP contribution in [-0.4, -0.2) is 84.3 Å². The van der Waals surface area contributed by atoms with Crippen LogP contribution in [0.1, 0.15) is 48.0 Å². The van der Waals surface area contributed by atoms with E-state index in [2.05, 4.69) is 24.1 Å². The summed E-state index contributed by atoms with van der Waals surface area (Å²) in [6.45, 7) is 15.3. The Hall–Kier alpha value is -1.18. The number of amides is 1. The third kappa shape index (κ3) is 5.41. The largest absolute Gasteiger partial charge is 0.444 e. The summed E-state index contributed by atoms with van der Waals surface area (Å²) in [5, 5.41) is 3.53. The fraction of sp³-hybridized carbons (Fsp3) is 0.895. The fourth-order valence-corrected chi connectivity index (χ4v) is 3.57. The highest BCUT2D eigenvalue weighted by atomic mass is 16.6. The second-order valence-electron chi connectivity index (χ2n) is 8.98. The predicted octanol–water partition coefficient (Wildman–Crippen LogP) is 1.65. The van der Waals surface area contributed by atoms with Crippen LogP contribution < -0.4 is 5.32 Å². The molecule has 0 saturated carbocycles. The monoisotopic (exact) mass is 369 g/mol. The Morgan fingerprint density at radius 3 is 2.65 bits per heavy atom. The highest BCUT2D eigenvalue weighted by Crippen LogP contribution is 2.26. The van der Waals surface area contributed by atoms with Gasteiger partial charge in [0.2, 0.25) is 0 Å². The van der Waals surface area contributed by atoms with E-state index in [1.165, 1.54) is 0 Å². The van der Waals surface area contributed by atoms with Gasteiger partial charge in [-0.3, -0.25) is 9.80 Å². The van der Waals surface area contributed by atoms with Gasteiger partial charge in [-0.2, -0.15) is 0 Å². The van der Waals surface area contributed by atoms with Crippen LogP contribution in [0.25, 0.3) is 0 Å². The molecule has 0 bridgehead atoms. The molecule has 0 aromatic heterocycles.